The molecule has 0 amide bonds. The third kappa shape index (κ3) is 1.91. The monoisotopic (exact) mass is 249 g/mol. The summed E-state index contributed by atoms with van der Waals surface area (Å²) in [6, 6.07) is 7.75. The Bertz CT molecular complexity index is 469. The van der Waals surface area contributed by atoms with Gasteiger partial charge in [0.2, 0.25) is 0 Å². The van der Waals surface area contributed by atoms with Crippen molar-refractivity contribution in [1.29, 1.82) is 0 Å². The van der Waals surface area contributed by atoms with Gasteiger partial charge in [0.1, 0.15) is 11.3 Å². The highest BCUT2D eigenvalue weighted by Crippen LogP contribution is 2.31. The second kappa shape index (κ2) is 4.71. The molecule has 0 aliphatic carbocycles. The fourth-order valence-electron chi connectivity index (χ4n) is 2.50. The Labute approximate surface area is 108 Å². The van der Waals surface area contributed by atoms with Crippen LogP contribution >= 0.6 is 0 Å². The minimum atomic E-state index is -0.375. The average molecular weight is 249 g/mol. The molecule has 4 heteroatoms. The summed E-state index contributed by atoms with van der Waals surface area (Å²) in [4.78, 5) is 3.38. The van der Waals surface area contributed by atoms with Crippen LogP contribution in [0.5, 0.6) is 5.75 Å². The fraction of sp³-hybridized carbons (Fsp3) is 0.500. The van der Waals surface area contributed by atoms with Crippen LogP contribution in [-0.4, -0.2) is 28.6 Å². The molecule has 1 aliphatic rings. The van der Waals surface area contributed by atoms with Gasteiger partial charge in [-0.1, -0.05) is 19.1 Å². The minimum Gasteiger partial charge on any atom is -0.496 e. The van der Waals surface area contributed by atoms with Gasteiger partial charge in [0, 0.05) is 6.42 Å². The third-order valence-electron chi connectivity index (χ3n) is 3.65. The van der Waals surface area contributed by atoms with Gasteiger partial charge >= 0.3 is 0 Å². The first-order chi connectivity index (χ1) is 8.52. The molecule has 0 saturated carbocycles. The Hall–Kier alpha value is -1.39. The Morgan fingerprint density at radius 1 is 1.39 bits per heavy atom. The smallest absolute Gasteiger partial charge is 0.259 e. The summed E-state index contributed by atoms with van der Waals surface area (Å²) in [6.45, 7) is 6.10. The van der Waals surface area contributed by atoms with Crippen LogP contribution in [0.3, 0.4) is 0 Å². The van der Waals surface area contributed by atoms with Crippen molar-refractivity contribution in [2.24, 2.45) is 0 Å². The second-order valence-electron chi connectivity index (χ2n) is 5.02. The average Bonchev–Trinajstić information content (AvgIpc) is 2.61. The molecule has 1 atom stereocenters. The van der Waals surface area contributed by atoms with E-state index >= 15 is 0 Å². The van der Waals surface area contributed by atoms with Crippen molar-refractivity contribution in [3.8, 4) is 5.75 Å². The number of hydrogen-bond donors (Lipinski definition) is 2. The maximum Gasteiger partial charge on any atom is 0.259 e. The van der Waals surface area contributed by atoms with E-state index in [0.717, 1.165) is 23.4 Å². The predicted octanol–water partition coefficient (Wildman–Crippen LogP) is 1.11. The van der Waals surface area contributed by atoms with E-state index in [4.69, 9.17) is 4.74 Å². The predicted molar refractivity (Wildman–Crippen MR) is 69.7 cm³/mol. The molecule has 0 aromatic heterocycles. The first kappa shape index (κ1) is 13.1. The molecule has 0 bridgehead atoms. The van der Waals surface area contributed by atoms with Gasteiger partial charge in [0.25, 0.3) is 6.17 Å². The van der Waals surface area contributed by atoms with Gasteiger partial charge in [-0.05, 0) is 26.0 Å². The SMILES string of the molecule is CCC1=[NH+]C(c2ccccc2OC)N(O)C1(C)C. The molecule has 0 radical (unpaired) electrons. The lowest BCUT2D eigenvalue weighted by Crippen LogP contribution is -2.72. The first-order valence-electron chi connectivity index (χ1n) is 6.26. The van der Waals surface area contributed by atoms with Gasteiger partial charge in [-0.15, -0.1) is 5.06 Å². The van der Waals surface area contributed by atoms with Crippen LogP contribution < -0.4 is 9.73 Å². The summed E-state index contributed by atoms with van der Waals surface area (Å²) >= 11 is 0. The number of rotatable bonds is 3. The van der Waals surface area contributed by atoms with Crippen molar-refractivity contribution >= 4 is 5.71 Å². The number of hydroxylamine groups is 2. The summed E-state index contributed by atoms with van der Waals surface area (Å²) in [5.41, 5.74) is 1.69. The summed E-state index contributed by atoms with van der Waals surface area (Å²) < 4.78 is 5.36. The molecule has 1 aliphatic heterocycles. The van der Waals surface area contributed by atoms with E-state index in [1.54, 1.807) is 7.11 Å². The maximum atomic E-state index is 10.4. The van der Waals surface area contributed by atoms with Crippen LogP contribution in [0, 0.1) is 0 Å². The van der Waals surface area contributed by atoms with E-state index < -0.39 is 0 Å². The van der Waals surface area contributed by atoms with Gasteiger partial charge < -0.3 is 9.94 Å². The minimum absolute atomic E-state index is 0.258. The number of hydrogen-bond acceptors (Lipinski definition) is 3. The highest BCUT2D eigenvalue weighted by molar-refractivity contribution is 5.88. The molecule has 2 rings (SSSR count). The molecular weight excluding hydrogens is 228 g/mol. The van der Waals surface area contributed by atoms with Crippen molar-refractivity contribution < 1.29 is 14.9 Å². The fourth-order valence-corrected chi connectivity index (χ4v) is 2.50. The zero-order chi connectivity index (χ0) is 13.3. The van der Waals surface area contributed by atoms with Crippen LogP contribution in [0.4, 0.5) is 0 Å². The Kier molecular flexibility index (Phi) is 3.41. The molecule has 2 N–H and O–H groups in total. The lowest BCUT2D eigenvalue weighted by atomic mass is 9.97. The van der Waals surface area contributed by atoms with Crippen molar-refractivity contribution in [3.05, 3.63) is 29.8 Å². The largest absolute Gasteiger partial charge is 0.496 e. The molecule has 1 aromatic rings. The van der Waals surface area contributed by atoms with E-state index in [2.05, 4.69) is 11.9 Å². The molecule has 98 valence electrons. The normalized spacial score (nSPS) is 22.9. The Morgan fingerprint density at radius 3 is 2.61 bits per heavy atom. The Morgan fingerprint density at radius 2 is 2.06 bits per heavy atom. The maximum absolute atomic E-state index is 10.4. The molecule has 0 fully saturated rings. The van der Waals surface area contributed by atoms with Gasteiger partial charge in [0.05, 0.1) is 12.7 Å². The zero-order valence-electron chi connectivity index (χ0n) is 11.4. The molecule has 1 unspecified atom stereocenters. The van der Waals surface area contributed by atoms with Crippen molar-refractivity contribution in [1.82, 2.24) is 5.06 Å². The van der Waals surface area contributed by atoms with Crippen molar-refractivity contribution in [2.45, 2.75) is 38.9 Å². The Balaban J connectivity index is 2.44. The lowest BCUT2D eigenvalue weighted by molar-refractivity contribution is -0.549. The van der Waals surface area contributed by atoms with E-state index in [9.17, 15) is 5.21 Å². The van der Waals surface area contributed by atoms with Crippen molar-refractivity contribution in [2.75, 3.05) is 7.11 Å². The van der Waals surface area contributed by atoms with E-state index in [1.165, 1.54) is 5.06 Å². The van der Waals surface area contributed by atoms with Crippen molar-refractivity contribution in [3.63, 3.8) is 0 Å². The molecule has 18 heavy (non-hydrogen) atoms. The number of nitrogens with one attached hydrogen (secondary N) is 1. The molecular formula is C14H21N2O2+. The summed E-state index contributed by atoms with van der Waals surface area (Å²) in [5, 5.41) is 11.8. The van der Waals surface area contributed by atoms with Crippen LogP contribution in [0.15, 0.2) is 24.3 Å². The number of benzene rings is 1. The number of nitrogens with zero attached hydrogens (tertiary/aromatic N) is 1. The van der Waals surface area contributed by atoms with Crippen LogP contribution in [0.1, 0.15) is 38.9 Å². The van der Waals surface area contributed by atoms with Gasteiger partial charge in [-0.25, -0.2) is 4.99 Å². The first-order valence-corrected chi connectivity index (χ1v) is 6.26. The third-order valence-corrected chi connectivity index (χ3v) is 3.65. The highest BCUT2D eigenvalue weighted by atomic mass is 16.5. The summed E-state index contributed by atoms with van der Waals surface area (Å²) in [5.74, 6) is 0.780. The number of ether oxygens (including phenoxy) is 1. The van der Waals surface area contributed by atoms with Crippen LogP contribution in [0.25, 0.3) is 0 Å². The van der Waals surface area contributed by atoms with Crippen LogP contribution in [0.2, 0.25) is 0 Å². The van der Waals surface area contributed by atoms with E-state index in [1.807, 2.05) is 38.1 Å². The summed E-state index contributed by atoms with van der Waals surface area (Å²) in [6.07, 6.45) is 0.626. The van der Waals surface area contributed by atoms with Gasteiger partial charge in [0.15, 0.2) is 5.71 Å². The van der Waals surface area contributed by atoms with E-state index in [0.29, 0.717) is 0 Å². The standard InChI is InChI=1S/C14H20N2O2/c1-5-12-14(2,3)16(17)13(15-12)10-8-6-7-9-11(10)18-4/h6-9,13,17H,5H2,1-4H3/p+1. The lowest BCUT2D eigenvalue weighted by Gasteiger charge is -2.25. The van der Waals surface area contributed by atoms with Crippen LogP contribution in [-0.2, 0) is 0 Å². The second-order valence-corrected chi connectivity index (χ2v) is 5.02. The summed E-state index contributed by atoms with van der Waals surface area (Å²) in [7, 11) is 1.64. The highest BCUT2D eigenvalue weighted by Gasteiger charge is 2.48. The number of methoxy groups -OCH3 is 1. The number of para-hydroxylation sites is 1. The van der Waals surface area contributed by atoms with E-state index in [-0.39, 0.29) is 11.7 Å². The van der Waals surface area contributed by atoms with Gasteiger partial charge in [-0.2, -0.15) is 0 Å². The molecule has 1 heterocycles. The zero-order valence-corrected chi connectivity index (χ0v) is 11.4. The quantitative estimate of drug-likeness (QED) is 0.843. The topological polar surface area (TPSA) is 46.7 Å². The molecule has 0 saturated heterocycles. The van der Waals surface area contributed by atoms with Gasteiger partial charge in [-0.3, -0.25) is 0 Å². The molecule has 4 nitrogen and oxygen atoms in total. The molecule has 1 aromatic carbocycles. The molecule has 0 spiro atoms.